The van der Waals surface area contributed by atoms with Crippen LogP contribution in [0.3, 0.4) is 0 Å². The molecule has 0 unspecified atom stereocenters. The molecule has 2 aliphatic heterocycles. The van der Waals surface area contributed by atoms with E-state index in [4.69, 9.17) is 27.9 Å². The van der Waals surface area contributed by atoms with Crippen molar-refractivity contribution in [1.82, 2.24) is 15.0 Å². The van der Waals surface area contributed by atoms with Gasteiger partial charge in [0, 0.05) is 67.7 Å². The number of amides is 1. The maximum Gasteiger partial charge on any atom is 0.255 e. The van der Waals surface area contributed by atoms with Crippen LogP contribution >= 0.6 is 0 Å². The van der Waals surface area contributed by atoms with Crippen LogP contribution in [0.1, 0.15) is 28.8 Å². The fraction of sp³-hybridized carbons (Fsp3) is 0.407. The molecule has 1 amide bonds. The Balaban J connectivity index is 1.40. The zero-order valence-corrected chi connectivity index (χ0v) is 22.5. The molecular formula is C27H37N11O2. The van der Waals surface area contributed by atoms with Crippen molar-refractivity contribution < 1.29 is 9.90 Å². The molecule has 2 fully saturated rings. The van der Waals surface area contributed by atoms with Crippen LogP contribution in [0.15, 0.2) is 42.5 Å². The summed E-state index contributed by atoms with van der Waals surface area (Å²) in [6.45, 7) is 4.06. The molecule has 2 aliphatic rings. The fourth-order valence-electron chi connectivity index (χ4n) is 5.19. The minimum atomic E-state index is -0.320. The summed E-state index contributed by atoms with van der Waals surface area (Å²) in [6.07, 6.45) is 1.46. The van der Waals surface area contributed by atoms with Crippen molar-refractivity contribution in [3.8, 4) is 5.75 Å². The number of hydrogen-bond acceptors (Lipinski definition) is 12. The normalized spacial score (nSPS) is 22.8. The highest BCUT2D eigenvalue weighted by Crippen LogP contribution is 2.30. The Labute approximate surface area is 233 Å². The third-order valence-electron chi connectivity index (χ3n) is 7.20. The number of carbonyl (C=O) groups is 1. The van der Waals surface area contributed by atoms with Crippen LogP contribution in [0.25, 0.3) is 0 Å². The molecule has 0 spiro atoms. The van der Waals surface area contributed by atoms with Gasteiger partial charge in [0.1, 0.15) is 5.75 Å². The summed E-state index contributed by atoms with van der Waals surface area (Å²) in [5.74, 6) is 0.746. The number of nitrogens with two attached hydrogens (primary N) is 4. The molecule has 4 atom stereocenters. The van der Waals surface area contributed by atoms with E-state index in [1.807, 2.05) is 28.9 Å². The smallest absolute Gasteiger partial charge is 0.255 e. The lowest BCUT2D eigenvalue weighted by Gasteiger charge is -2.35. The molecule has 2 saturated heterocycles. The fourth-order valence-corrected chi connectivity index (χ4v) is 5.19. The van der Waals surface area contributed by atoms with Crippen molar-refractivity contribution >= 4 is 35.1 Å². The van der Waals surface area contributed by atoms with E-state index in [1.54, 1.807) is 24.3 Å². The summed E-state index contributed by atoms with van der Waals surface area (Å²) in [7, 11) is 0. The number of aryl methyl sites for hydroxylation is 1. The summed E-state index contributed by atoms with van der Waals surface area (Å²) >= 11 is 0. The molecular weight excluding hydrogens is 510 g/mol. The lowest BCUT2D eigenvalue weighted by atomic mass is 10.0. The highest BCUT2D eigenvalue weighted by Gasteiger charge is 2.33. The quantitative estimate of drug-likeness (QED) is 0.203. The average Bonchev–Trinajstić information content (AvgIpc) is 3.30. The van der Waals surface area contributed by atoms with E-state index < -0.39 is 0 Å². The van der Waals surface area contributed by atoms with Gasteiger partial charge >= 0.3 is 0 Å². The third-order valence-corrected chi connectivity index (χ3v) is 7.20. The zero-order chi connectivity index (χ0) is 28.4. The Kier molecular flexibility index (Phi) is 7.98. The van der Waals surface area contributed by atoms with Gasteiger partial charge < -0.3 is 48.5 Å². The molecule has 212 valence electrons. The van der Waals surface area contributed by atoms with E-state index in [2.05, 4.69) is 20.6 Å². The van der Waals surface area contributed by atoms with Crippen LogP contribution in [-0.4, -0.2) is 76.3 Å². The molecule has 5 rings (SSSR count). The van der Waals surface area contributed by atoms with Gasteiger partial charge in [-0.25, -0.2) is 0 Å². The Hall–Kier alpha value is -4.04. The first-order valence-corrected chi connectivity index (χ1v) is 13.4. The number of aromatic hydroxyl groups is 1. The predicted molar refractivity (Wildman–Crippen MR) is 156 cm³/mol. The molecule has 13 heteroatoms. The summed E-state index contributed by atoms with van der Waals surface area (Å²) < 4.78 is 0. The standard InChI is InChI=1S/C27H37N11O2/c1-15-2-4-16(5-3-15)24(40)33-22-7-6-20(10-23(22)39)32-25-34-26(37-12-17(29)8-18(30)13-37)36-27(35-25)38-14-19(31)9-21(38)11-28/h2-7,10,17-19,21,39H,8-9,11-14,28-31H2,1H3,(H,33,40)(H,32,34,35,36)/t17-,18+,19-,21-/m0/s1. The number of aromatic nitrogens is 3. The van der Waals surface area contributed by atoms with Gasteiger partial charge in [0.25, 0.3) is 5.91 Å². The number of nitrogens with one attached hydrogen (secondary N) is 2. The lowest BCUT2D eigenvalue weighted by Crippen LogP contribution is -2.53. The average molecular weight is 548 g/mol. The van der Waals surface area contributed by atoms with Gasteiger partial charge in [-0.15, -0.1) is 0 Å². The minimum Gasteiger partial charge on any atom is -0.506 e. The van der Waals surface area contributed by atoms with Gasteiger partial charge in [-0.3, -0.25) is 4.79 Å². The van der Waals surface area contributed by atoms with Crippen molar-refractivity contribution in [2.24, 2.45) is 22.9 Å². The van der Waals surface area contributed by atoms with E-state index >= 15 is 0 Å². The number of anilines is 5. The van der Waals surface area contributed by atoms with E-state index in [-0.39, 0.29) is 47.5 Å². The molecule has 0 bridgehead atoms. The van der Waals surface area contributed by atoms with Gasteiger partial charge in [-0.1, -0.05) is 17.7 Å². The number of nitrogens with zero attached hydrogens (tertiary/aromatic N) is 5. The van der Waals surface area contributed by atoms with E-state index in [1.165, 1.54) is 6.07 Å². The highest BCUT2D eigenvalue weighted by molar-refractivity contribution is 6.05. The number of benzene rings is 2. The number of piperidine rings is 1. The number of phenols is 1. The molecule has 40 heavy (non-hydrogen) atoms. The molecule has 0 saturated carbocycles. The molecule has 0 aliphatic carbocycles. The monoisotopic (exact) mass is 547 g/mol. The topological polar surface area (TPSA) is 211 Å². The van der Waals surface area contributed by atoms with Crippen molar-refractivity contribution in [1.29, 1.82) is 0 Å². The van der Waals surface area contributed by atoms with Crippen molar-refractivity contribution in [2.75, 3.05) is 46.6 Å². The molecule has 3 aromatic rings. The summed E-state index contributed by atoms with van der Waals surface area (Å²) in [4.78, 5) is 30.7. The summed E-state index contributed by atoms with van der Waals surface area (Å²) in [6, 6.07) is 11.8. The van der Waals surface area contributed by atoms with Gasteiger partial charge in [0.05, 0.1) is 5.69 Å². The SMILES string of the molecule is Cc1ccc(C(=O)Nc2ccc(Nc3nc(N4C[C@H](N)C[C@H](N)C4)nc(N4C[C@@H](N)C[C@H]4CN)n3)cc2O)cc1. The second-order valence-electron chi connectivity index (χ2n) is 10.6. The van der Waals surface area contributed by atoms with Crippen molar-refractivity contribution in [3.05, 3.63) is 53.6 Å². The number of rotatable bonds is 7. The largest absolute Gasteiger partial charge is 0.506 e. The van der Waals surface area contributed by atoms with Crippen LogP contribution < -0.4 is 43.4 Å². The van der Waals surface area contributed by atoms with Crippen LogP contribution in [-0.2, 0) is 0 Å². The zero-order valence-electron chi connectivity index (χ0n) is 22.5. The summed E-state index contributed by atoms with van der Waals surface area (Å²) in [5, 5.41) is 16.6. The molecule has 2 aromatic carbocycles. The minimum absolute atomic E-state index is 0.00411. The molecule has 1 aromatic heterocycles. The molecule has 11 N–H and O–H groups in total. The van der Waals surface area contributed by atoms with Gasteiger partial charge in [-0.2, -0.15) is 15.0 Å². The van der Waals surface area contributed by atoms with Gasteiger partial charge in [0.2, 0.25) is 17.8 Å². The summed E-state index contributed by atoms with van der Waals surface area (Å²) in [5.41, 5.74) is 27.1. The van der Waals surface area contributed by atoms with E-state index in [9.17, 15) is 9.90 Å². The number of hydrogen-bond donors (Lipinski definition) is 7. The second kappa shape index (κ2) is 11.6. The Morgan fingerprint density at radius 1 is 0.950 bits per heavy atom. The second-order valence-corrected chi connectivity index (χ2v) is 10.6. The van der Waals surface area contributed by atoms with Crippen molar-refractivity contribution in [3.63, 3.8) is 0 Å². The van der Waals surface area contributed by atoms with Crippen LogP contribution in [0.4, 0.5) is 29.2 Å². The van der Waals surface area contributed by atoms with E-state index in [0.29, 0.717) is 49.3 Å². The van der Waals surface area contributed by atoms with Gasteiger partial charge in [-0.05, 0) is 44.0 Å². The Morgan fingerprint density at radius 2 is 1.62 bits per heavy atom. The number of carbonyl (C=O) groups excluding carboxylic acids is 1. The van der Waals surface area contributed by atoms with Crippen LogP contribution in [0, 0.1) is 6.92 Å². The van der Waals surface area contributed by atoms with E-state index in [0.717, 1.165) is 18.4 Å². The first-order chi connectivity index (χ1) is 19.2. The highest BCUT2D eigenvalue weighted by atomic mass is 16.3. The van der Waals surface area contributed by atoms with Crippen molar-refractivity contribution in [2.45, 2.75) is 43.9 Å². The third kappa shape index (κ3) is 6.23. The Morgan fingerprint density at radius 3 is 2.30 bits per heavy atom. The molecule has 0 radical (unpaired) electrons. The molecule has 13 nitrogen and oxygen atoms in total. The van der Waals surface area contributed by atoms with Crippen LogP contribution in [0.5, 0.6) is 5.75 Å². The lowest BCUT2D eigenvalue weighted by molar-refractivity contribution is 0.102. The molecule has 3 heterocycles. The first kappa shape index (κ1) is 27.5. The first-order valence-electron chi connectivity index (χ1n) is 13.4. The predicted octanol–water partition coefficient (Wildman–Crippen LogP) is 0.611. The number of phenolic OH excluding ortho intramolecular Hbond substituents is 1. The van der Waals surface area contributed by atoms with Gasteiger partial charge in [0.15, 0.2) is 0 Å². The van der Waals surface area contributed by atoms with Crippen LogP contribution in [0.2, 0.25) is 0 Å². The maximum absolute atomic E-state index is 12.6. The Bertz CT molecular complexity index is 1340. The maximum atomic E-state index is 12.6.